The molecule has 7 rings (SSSR count). The number of carboxylic acids is 1. The Hall–Kier alpha value is -5.78. The Bertz CT molecular complexity index is 2330. The van der Waals surface area contributed by atoms with Crippen molar-refractivity contribution in [3.8, 4) is 28.4 Å². The van der Waals surface area contributed by atoms with Gasteiger partial charge in [0.1, 0.15) is 31.0 Å². The van der Waals surface area contributed by atoms with Gasteiger partial charge in [-0.1, -0.05) is 65.7 Å². The number of fused-ring (bicyclic) bond motifs is 2. The summed E-state index contributed by atoms with van der Waals surface area (Å²) in [5, 5.41) is 13.8. The van der Waals surface area contributed by atoms with Crippen LogP contribution in [-0.4, -0.2) is 57.8 Å². The number of nitrogens with zero attached hydrogens (tertiary/aromatic N) is 2. The van der Waals surface area contributed by atoms with E-state index in [0.717, 1.165) is 50.2 Å². The van der Waals surface area contributed by atoms with E-state index in [2.05, 4.69) is 10.3 Å². The summed E-state index contributed by atoms with van der Waals surface area (Å²) in [6.07, 6.45) is 0.387. The third-order valence-corrected chi connectivity index (χ3v) is 11.1. The first kappa shape index (κ1) is 40.4. The number of benzene rings is 4. The van der Waals surface area contributed by atoms with Crippen LogP contribution in [0.3, 0.4) is 0 Å². The van der Waals surface area contributed by atoms with Crippen molar-refractivity contribution in [2.24, 2.45) is 0 Å². The first-order valence-electron chi connectivity index (χ1n) is 19.0. The largest absolute Gasteiger partial charge is 0.489 e. The Balaban J connectivity index is 1.04. The quantitative estimate of drug-likeness (QED) is 0.134. The SMILES string of the molecule is Cc1nccc(-c2ccc(C[C@H](NC(=O)[C@@H]3Cc4cc5c(cc4CN3C(=O)OC(C)C)O[C@@H](c3ccc(OCc4ccc(Cl)c(Cl)c4)cc3)CO5)C(=O)O)cc2)c1C. The molecule has 0 spiro atoms. The molecular formula is C45H43Cl2N3O8. The number of amides is 2. The zero-order valence-corrected chi connectivity index (χ0v) is 34.0. The zero-order valence-electron chi connectivity index (χ0n) is 32.5. The molecule has 3 heterocycles. The van der Waals surface area contributed by atoms with Gasteiger partial charge in [-0.05, 0) is 115 Å². The van der Waals surface area contributed by atoms with Gasteiger partial charge in [-0.3, -0.25) is 14.7 Å². The second-order valence-corrected chi connectivity index (χ2v) is 15.6. The van der Waals surface area contributed by atoms with Crippen LogP contribution >= 0.6 is 23.2 Å². The molecule has 0 aliphatic carbocycles. The normalized spacial score (nSPS) is 16.3. The minimum absolute atomic E-state index is 0.0399. The lowest BCUT2D eigenvalue weighted by Gasteiger charge is -2.37. The Morgan fingerprint density at radius 2 is 1.64 bits per heavy atom. The van der Waals surface area contributed by atoms with Gasteiger partial charge >= 0.3 is 12.1 Å². The average Bonchev–Trinajstić information content (AvgIpc) is 3.20. The second-order valence-electron chi connectivity index (χ2n) is 14.7. The highest BCUT2D eigenvalue weighted by molar-refractivity contribution is 6.42. The maximum absolute atomic E-state index is 14.0. The molecule has 11 nitrogen and oxygen atoms in total. The Morgan fingerprint density at radius 1 is 0.914 bits per heavy atom. The zero-order chi connectivity index (χ0) is 41.1. The molecule has 58 heavy (non-hydrogen) atoms. The molecule has 0 fully saturated rings. The van der Waals surface area contributed by atoms with E-state index in [1.807, 2.05) is 86.6 Å². The molecule has 1 aromatic heterocycles. The van der Waals surface area contributed by atoms with E-state index in [1.165, 1.54) is 4.90 Å². The third kappa shape index (κ3) is 9.16. The summed E-state index contributed by atoms with van der Waals surface area (Å²) in [5.41, 5.74) is 8.06. The number of aryl methyl sites for hydroxylation is 1. The summed E-state index contributed by atoms with van der Waals surface area (Å²) in [5.74, 6) is -0.106. The van der Waals surface area contributed by atoms with E-state index >= 15 is 0 Å². The molecule has 300 valence electrons. The average molecular weight is 825 g/mol. The molecule has 2 aliphatic rings. The summed E-state index contributed by atoms with van der Waals surface area (Å²) < 4.78 is 24.1. The molecule has 3 atom stereocenters. The molecule has 13 heteroatoms. The van der Waals surface area contributed by atoms with Gasteiger partial charge in [-0.15, -0.1) is 0 Å². The summed E-state index contributed by atoms with van der Waals surface area (Å²) >= 11 is 12.2. The monoisotopic (exact) mass is 823 g/mol. The van der Waals surface area contributed by atoms with Crippen LogP contribution in [0.25, 0.3) is 11.1 Å². The van der Waals surface area contributed by atoms with Gasteiger partial charge in [-0.2, -0.15) is 0 Å². The lowest BCUT2D eigenvalue weighted by atomic mass is 9.92. The van der Waals surface area contributed by atoms with Gasteiger partial charge in [0, 0.05) is 24.7 Å². The standard InChI is InChI=1S/C45H43Cl2N3O8/c1-25(2)57-45(54)50-22-33-21-41-40(56-24-42(58-41)31-10-12-34(13-11-31)55-23-29-7-14-36(46)37(47)17-29)20-32(33)19-39(50)43(51)49-38(44(52)53)18-28-5-8-30(9-6-28)35-15-16-48-27(4)26(35)3/h5-17,20-21,25,38-39,42H,18-19,22-24H2,1-4H3,(H,49,51)(H,52,53)/t38-,39-,42+/m0/s1. The lowest BCUT2D eigenvalue weighted by molar-refractivity contribution is -0.142. The number of hydrogen-bond donors (Lipinski definition) is 2. The van der Waals surface area contributed by atoms with Crippen LogP contribution in [-0.2, 0) is 40.3 Å². The molecule has 0 radical (unpaired) electrons. The number of aromatic nitrogens is 1. The van der Waals surface area contributed by atoms with Crippen molar-refractivity contribution in [2.45, 2.75) is 78.0 Å². The van der Waals surface area contributed by atoms with Crippen molar-refractivity contribution >= 4 is 41.2 Å². The van der Waals surface area contributed by atoms with Crippen LogP contribution in [0.1, 0.15) is 59.0 Å². The Kier molecular flexibility index (Phi) is 12.1. The van der Waals surface area contributed by atoms with Crippen molar-refractivity contribution in [3.05, 3.63) is 140 Å². The van der Waals surface area contributed by atoms with Crippen molar-refractivity contribution in [2.75, 3.05) is 6.61 Å². The smallest absolute Gasteiger partial charge is 0.411 e. The van der Waals surface area contributed by atoms with Crippen LogP contribution in [0.2, 0.25) is 10.0 Å². The van der Waals surface area contributed by atoms with E-state index in [0.29, 0.717) is 33.9 Å². The summed E-state index contributed by atoms with van der Waals surface area (Å²) in [6, 6.07) is 23.8. The van der Waals surface area contributed by atoms with E-state index in [1.54, 1.807) is 32.2 Å². The second kappa shape index (κ2) is 17.4. The highest BCUT2D eigenvalue weighted by Crippen LogP contribution is 2.41. The Labute approximate surface area is 346 Å². The van der Waals surface area contributed by atoms with Gasteiger partial charge < -0.3 is 29.4 Å². The highest BCUT2D eigenvalue weighted by Gasteiger charge is 2.39. The fraction of sp³-hybridized carbons (Fsp3) is 0.289. The molecule has 2 N–H and O–H groups in total. The van der Waals surface area contributed by atoms with Crippen LogP contribution < -0.4 is 19.5 Å². The van der Waals surface area contributed by atoms with E-state index in [4.69, 9.17) is 42.1 Å². The molecule has 4 aromatic carbocycles. The van der Waals surface area contributed by atoms with Crippen molar-refractivity contribution in [1.29, 1.82) is 0 Å². The number of rotatable bonds is 11. The van der Waals surface area contributed by atoms with Gasteiger partial charge in [-0.25, -0.2) is 9.59 Å². The summed E-state index contributed by atoms with van der Waals surface area (Å²) in [6.45, 7) is 8.03. The number of nitrogens with one attached hydrogen (secondary N) is 1. The first-order valence-corrected chi connectivity index (χ1v) is 19.7. The van der Waals surface area contributed by atoms with Crippen LogP contribution in [0, 0.1) is 13.8 Å². The summed E-state index contributed by atoms with van der Waals surface area (Å²) in [4.78, 5) is 45.6. The van der Waals surface area contributed by atoms with E-state index < -0.39 is 42.3 Å². The van der Waals surface area contributed by atoms with Gasteiger partial charge in [0.25, 0.3) is 0 Å². The lowest BCUT2D eigenvalue weighted by Crippen LogP contribution is -2.56. The van der Waals surface area contributed by atoms with Crippen molar-refractivity contribution in [3.63, 3.8) is 0 Å². The minimum Gasteiger partial charge on any atom is -0.489 e. The molecule has 0 saturated heterocycles. The molecule has 0 bridgehead atoms. The maximum Gasteiger partial charge on any atom is 0.411 e. The fourth-order valence-corrected chi connectivity index (χ4v) is 7.38. The van der Waals surface area contributed by atoms with Gasteiger partial charge in [0.05, 0.1) is 22.7 Å². The maximum atomic E-state index is 14.0. The minimum atomic E-state index is -1.24. The number of carbonyl (C=O) groups excluding carboxylic acids is 2. The fourth-order valence-electron chi connectivity index (χ4n) is 7.06. The Morgan fingerprint density at radius 3 is 2.34 bits per heavy atom. The van der Waals surface area contributed by atoms with Crippen LogP contribution in [0.15, 0.2) is 91.1 Å². The number of hydrogen-bond acceptors (Lipinski definition) is 8. The van der Waals surface area contributed by atoms with E-state index in [-0.39, 0.29) is 26.0 Å². The number of halogens is 2. The molecule has 5 aromatic rings. The molecule has 0 saturated carbocycles. The number of aliphatic carboxylic acids is 1. The van der Waals surface area contributed by atoms with Gasteiger partial charge in [0.2, 0.25) is 5.91 Å². The molecule has 2 aliphatic heterocycles. The number of carboxylic acid groups (broad SMARTS) is 1. The predicted octanol–water partition coefficient (Wildman–Crippen LogP) is 8.85. The number of ether oxygens (including phenoxy) is 4. The number of pyridine rings is 1. The molecule has 2 amide bonds. The first-order chi connectivity index (χ1) is 27.8. The molecule has 0 unspecified atom stereocenters. The van der Waals surface area contributed by atoms with Crippen LogP contribution in [0.5, 0.6) is 17.2 Å². The van der Waals surface area contributed by atoms with E-state index in [9.17, 15) is 19.5 Å². The molecular weight excluding hydrogens is 781 g/mol. The summed E-state index contributed by atoms with van der Waals surface area (Å²) in [7, 11) is 0. The van der Waals surface area contributed by atoms with Crippen molar-refractivity contribution in [1.82, 2.24) is 15.2 Å². The predicted molar refractivity (Wildman–Crippen MR) is 220 cm³/mol. The third-order valence-electron chi connectivity index (χ3n) is 10.3. The van der Waals surface area contributed by atoms with Crippen molar-refractivity contribution < 1.29 is 38.4 Å². The van der Waals surface area contributed by atoms with Crippen LogP contribution in [0.4, 0.5) is 4.79 Å². The van der Waals surface area contributed by atoms with Gasteiger partial charge in [0.15, 0.2) is 17.6 Å². The topological polar surface area (TPSA) is 137 Å². The highest BCUT2D eigenvalue weighted by atomic mass is 35.5. The number of carbonyl (C=O) groups is 3.